The second-order valence-electron chi connectivity index (χ2n) is 7.56. The van der Waals surface area contributed by atoms with Crippen LogP contribution in [0.1, 0.15) is 35.7 Å². The SMILES string of the molecule is N#C[C@]1(CCCO)[C@H](n2cc(C(N)=O)c(Nc3ccc(F)cc3)n2)CCN(C(=O)O)C1(F)F. The Morgan fingerprint density at radius 3 is 2.55 bits per heavy atom. The monoisotopic (exact) mass is 466 g/mol. The highest BCUT2D eigenvalue weighted by Gasteiger charge is 2.66. The molecule has 3 rings (SSSR count). The molecule has 1 saturated heterocycles. The second-order valence-corrected chi connectivity index (χ2v) is 7.56. The van der Waals surface area contributed by atoms with E-state index in [0.717, 1.165) is 23.0 Å². The van der Waals surface area contributed by atoms with Crippen molar-refractivity contribution in [3.63, 3.8) is 0 Å². The number of amides is 2. The van der Waals surface area contributed by atoms with Crippen molar-refractivity contribution in [3.05, 3.63) is 41.8 Å². The number of hydrogen-bond donors (Lipinski definition) is 4. The molecule has 2 atom stereocenters. The first-order valence-electron chi connectivity index (χ1n) is 9.89. The number of aliphatic hydroxyl groups is 1. The van der Waals surface area contributed by atoms with Crippen LogP contribution in [0.15, 0.2) is 30.5 Å². The first-order chi connectivity index (χ1) is 15.6. The summed E-state index contributed by atoms with van der Waals surface area (Å²) in [4.78, 5) is 23.3. The van der Waals surface area contributed by atoms with Gasteiger partial charge >= 0.3 is 12.1 Å². The average molecular weight is 466 g/mol. The van der Waals surface area contributed by atoms with Crippen LogP contribution in [0.3, 0.4) is 0 Å². The third-order valence-electron chi connectivity index (χ3n) is 5.65. The predicted molar refractivity (Wildman–Crippen MR) is 108 cm³/mol. The number of aliphatic hydroxyl groups excluding tert-OH is 1. The van der Waals surface area contributed by atoms with Crippen LogP contribution >= 0.6 is 0 Å². The van der Waals surface area contributed by atoms with Gasteiger partial charge in [0.05, 0.1) is 12.1 Å². The second kappa shape index (κ2) is 8.99. The summed E-state index contributed by atoms with van der Waals surface area (Å²) in [5.74, 6) is -1.54. The molecule has 2 amide bonds. The molecule has 2 aromatic rings. The summed E-state index contributed by atoms with van der Waals surface area (Å²) in [6.07, 6.45) is -1.72. The van der Waals surface area contributed by atoms with Gasteiger partial charge in [0.25, 0.3) is 5.91 Å². The number of anilines is 2. The molecular formula is C20H21F3N6O4. The number of rotatable bonds is 7. The number of nitriles is 1. The molecule has 1 fully saturated rings. The molecule has 0 radical (unpaired) electrons. The van der Waals surface area contributed by atoms with Gasteiger partial charge in [0.2, 0.25) is 0 Å². The van der Waals surface area contributed by atoms with Crippen LogP contribution in [0, 0.1) is 22.6 Å². The number of benzene rings is 1. The zero-order valence-electron chi connectivity index (χ0n) is 17.2. The maximum Gasteiger partial charge on any atom is 0.411 e. The molecule has 5 N–H and O–H groups in total. The highest BCUT2D eigenvalue weighted by Crippen LogP contribution is 2.54. The minimum absolute atomic E-state index is 0.0970. The average Bonchev–Trinajstić information content (AvgIpc) is 3.17. The zero-order chi connectivity index (χ0) is 24.4. The molecule has 2 heterocycles. The molecule has 1 aromatic heterocycles. The number of piperidine rings is 1. The molecule has 0 spiro atoms. The third-order valence-corrected chi connectivity index (χ3v) is 5.65. The fraction of sp³-hybridized carbons (Fsp3) is 0.400. The molecule has 13 heteroatoms. The van der Waals surface area contributed by atoms with Crippen LogP contribution in [0.25, 0.3) is 0 Å². The molecular weight excluding hydrogens is 445 g/mol. The summed E-state index contributed by atoms with van der Waals surface area (Å²) in [7, 11) is 0. The van der Waals surface area contributed by atoms with Crippen molar-refractivity contribution in [3.8, 4) is 6.07 Å². The van der Waals surface area contributed by atoms with Crippen molar-refractivity contribution in [2.45, 2.75) is 31.4 Å². The van der Waals surface area contributed by atoms with E-state index in [1.54, 1.807) is 6.07 Å². The largest absolute Gasteiger partial charge is 0.465 e. The predicted octanol–water partition coefficient (Wildman–Crippen LogP) is 2.66. The van der Waals surface area contributed by atoms with Gasteiger partial charge in [-0.2, -0.15) is 19.1 Å². The number of carbonyl (C=O) groups excluding carboxylic acids is 1. The van der Waals surface area contributed by atoms with Crippen LogP contribution < -0.4 is 11.1 Å². The summed E-state index contributed by atoms with van der Waals surface area (Å²) >= 11 is 0. The van der Waals surface area contributed by atoms with Crippen LogP contribution in [-0.4, -0.2) is 56.1 Å². The minimum atomic E-state index is -4.12. The van der Waals surface area contributed by atoms with Gasteiger partial charge in [0, 0.05) is 25.0 Å². The van der Waals surface area contributed by atoms with E-state index < -0.39 is 54.9 Å². The van der Waals surface area contributed by atoms with E-state index in [9.17, 15) is 29.5 Å². The van der Waals surface area contributed by atoms with Crippen molar-refractivity contribution in [1.29, 1.82) is 5.26 Å². The van der Waals surface area contributed by atoms with E-state index in [1.807, 2.05) is 0 Å². The Bertz CT molecular complexity index is 1080. The maximum atomic E-state index is 15.4. The summed E-state index contributed by atoms with van der Waals surface area (Å²) in [5.41, 5.74) is 2.99. The van der Waals surface area contributed by atoms with Gasteiger partial charge in [-0.25, -0.2) is 14.1 Å². The quantitative estimate of drug-likeness (QED) is 0.457. The number of nitrogens with two attached hydrogens (primary N) is 1. The summed E-state index contributed by atoms with van der Waals surface area (Å²) in [6.45, 7) is -1.09. The standard InChI is InChI=1S/C20H21F3N6O4/c21-12-2-4-13(5-3-12)26-17-14(16(25)31)10-29(27-17)15-6-8-28(18(32)33)20(22,23)19(15,11-24)7-1-9-30/h2-5,10,15,30H,1,6-9H2,(H2,25,31)(H,26,27)(H,32,33)/t15-,19-/m1/s1. The smallest absolute Gasteiger partial charge is 0.411 e. The van der Waals surface area contributed by atoms with E-state index in [0.29, 0.717) is 5.69 Å². The molecule has 1 aliphatic heterocycles. The van der Waals surface area contributed by atoms with Crippen LogP contribution in [-0.2, 0) is 0 Å². The molecule has 0 aliphatic carbocycles. The molecule has 33 heavy (non-hydrogen) atoms. The van der Waals surface area contributed by atoms with E-state index in [2.05, 4.69) is 10.4 Å². The first kappa shape index (κ1) is 23.9. The number of hydrogen-bond acceptors (Lipinski definition) is 6. The number of primary amides is 1. The number of nitrogens with one attached hydrogen (secondary N) is 1. The fourth-order valence-corrected chi connectivity index (χ4v) is 4.02. The number of halogens is 3. The Balaban J connectivity index is 2.09. The number of carboxylic acid groups (broad SMARTS) is 1. The lowest BCUT2D eigenvalue weighted by atomic mass is 9.71. The van der Waals surface area contributed by atoms with Crippen LogP contribution in [0.5, 0.6) is 0 Å². The Kier molecular flexibility index (Phi) is 6.50. The van der Waals surface area contributed by atoms with Crippen molar-refractivity contribution >= 4 is 23.5 Å². The lowest BCUT2D eigenvalue weighted by Gasteiger charge is -2.48. The highest BCUT2D eigenvalue weighted by molar-refractivity contribution is 5.98. The molecule has 1 aliphatic rings. The Labute approximate surface area is 186 Å². The van der Waals surface area contributed by atoms with Gasteiger partial charge in [-0.3, -0.25) is 9.48 Å². The molecule has 176 valence electrons. The zero-order valence-corrected chi connectivity index (χ0v) is 17.2. The summed E-state index contributed by atoms with van der Waals surface area (Å²) in [5, 5.41) is 35.3. The number of nitrogens with zero attached hydrogens (tertiary/aromatic N) is 4. The van der Waals surface area contributed by atoms with Gasteiger partial charge < -0.3 is 21.3 Å². The molecule has 0 bridgehead atoms. The Morgan fingerprint density at radius 2 is 2.00 bits per heavy atom. The maximum absolute atomic E-state index is 15.4. The first-order valence-corrected chi connectivity index (χ1v) is 9.89. The van der Waals surface area contributed by atoms with E-state index in [1.165, 1.54) is 12.1 Å². The highest BCUT2D eigenvalue weighted by atomic mass is 19.3. The van der Waals surface area contributed by atoms with Gasteiger partial charge in [0.1, 0.15) is 11.4 Å². The van der Waals surface area contributed by atoms with Gasteiger partial charge in [0.15, 0.2) is 11.2 Å². The number of likely N-dealkylation sites (tertiary alicyclic amines) is 1. The van der Waals surface area contributed by atoms with E-state index in [4.69, 9.17) is 5.73 Å². The van der Waals surface area contributed by atoms with Crippen LogP contribution in [0.4, 0.5) is 29.5 Å². The Morgan fingerprint density at radius 1 is 1.33 bits per heavy atom. The normalized spacial score (nSPS) is 21.9. The van der Waals surface area contributed by atoms with E-state index >= 15 is 8.78 Å². The van der Waals surface area contributed by atoms with Crippen molar-refractivity contribution < 1.29 is 33.0 Å². The lowest BCUT2D eigenvalue weighted by molar-refractivity contribution is -0.235. The van der Waals surface area contributed by atoms with Gasteiger partial charge in [-0.15, -0.1) is 0 Å². The number of alkyl halides is 2. The van der Waals surface area contributed by atoms with E-state index in [-0.39, 0.29) is 29.1 Å². The topological polar surface area (TPSA) is 157 Å². The molecule has 1 aromatic carbocycles. The number of aromatic nitrogens is 2. The minimum Gasteiger partial charge on any atom is -0.465 e. The fourth-order valence-electron chi connectivity index (χ4n) is 4.02. The Hall–Kier alpha value is -3.79. The number of carbonyl (C=O) groups is 2. The van der Waals surface area contributed by atoms with Gasteiger partial charge in [-0.1, -0.05) is 0 Å². The summed E-state index contributed by atoms with van der Waals surface area (Å²) in [6, 6.07) is 1.15. The molecule has 0 saturated carbocycles. The summed E-state index contributed by atoms with van der Waals surface area (Å²) < 4.78 is 45.0. The van der Waals surface area contributed by atoms with Crippen molar-refractivity contribution in [1.82, 2.24) is 14.7 Å². The molecule has 10 nitrogen and oxygen atoms in total. The van der Waals surface area contributed by atoms with Crippen LogP contribution in [0.2, 0.25) is 0 Å². The molecule has 0 unspecified atom stereocenters. The lowest BCUT2D eigenvalue weighted by Crippen LogP contribution is -2.63. The van der Waals surface area contributed by atoms with Crippen molar-refractivity contribution in [2.75, 3.05) is 18.5 Å². The van der Waals surface area contributed by atoms with Crippen molar-refractivity contribution in [2.24, 2.45) is 11.1 Å². The third kappa shape index (κ3) is 4.17. The van der Waals surface area contributed by atoms with Gasteiger partial charge in [-0.05, 0) is 43.5 Å².